The lowest BCUT2D eigenvalue weighted by Crippen LogP contribution is -2.31. The first-order chi connectivity index (χ1) is 14.8. The molecular weight excluding hydrogens is 447 g/mol. The van der Waals surface area contributed by atoms with Gasteiger partial charge in [-0.25, -0.2) is 14.6 Å². The van der Waals surface area contributed by atoms with Crippen molar-refractivity contribution in [2.24, 2.45) is 0 Å². The van der Waals surface area contributed by atoms with E-state index in [9.17, 15) is 14.4 Å². The molecular formula is C20H22Cl2N4O5. The van der Waals surface area contributed by atoms with Crippen LogP contribution in [-0.4, -0.2) is 31.7 Å². The van der Waals surface area contributed by atoms with Crippen LogP contribution in [0.2, 0.25) is 10.0 Å². The number of aromatic amines is 1. The summed E-state index contributed by atoms with van der Waals surface area (Å²) in [5.74, 6) is 0.0185. The molecule has 3 aromatic rings. The molecule has 0 unspecified atom stereocenters. The van der Waals surface area contributed by atoms with E-state index in [0.717, 1.165) is 12.8 Å². The van der Waals surface area contributed by atoms with Crippen LogP contribution in [0.4, 0.5) is 0 Å². The van der Waals surface area contributed by atoms with Crippen molar-refractivity contribution in [1.29, 1.82) is 0 Å². The minimum atomic E-state index is -0.641. The molecule has 0 atom stereocenters. The van der Waals surface area contributed by atoms with E-state index in [1.807, 2.05) is 13.8 Å². The highest BCUT2D eigenvalue weighted by Gasteiger charge is 2.19. The first-order valence-corrected chi connectivity index (χ1v) is 10.6. The van der Waals surface area contributed by atoms with Crippen molar-refractivity contribution in [2.75, 3.05) is 6.61 Å². The molecule has 0 aliphatic carbocycles. The molecule has 1 aromatic carbocycles. The summed E-state index contributed by atoms with van der Waals surface area (Å²) in [6.07, 6.45) is 1.64. The van der Waals surface area contributed by atoms with Gasteiger partial charge in [0.05, 0.1) is 5.02 Å². The number of ether oxygens (including phenoxy) is 2. The number of aromatic nitrogens is 4. The Balaban J connectivity index is 1.77. The lowest BCUT2D eigenvalue weighted by atomic mass is 10.3. The third-order valence-electron chi connectivity index (χ3n) is 4.62. The van der Waals surface area contributed by atoms with Gasteiger partial charge in [-0.3, -0.25) is 14.3 Å². The van der Waals surface area contributed by atoms with Crippen LogP contribution in [0.3, 0.4) is 0 Å². The maximum absolute atomic E-state index is 12.4. The maximum Gasteiger partial charge on any atom is 0.344 e. The highest BCUT2D eigenvalue weighted by Crippen LogP contribution is 2.27. The number of carbonyl (C=O) groups is 1. The second-order valence-electron chi connectivity index (χ2n) is 6.73. The number of rotatable bonds is 9. The normalized spacial score (nSPS) is 11.1. The fourth-order valence-corrected chi connectivity index (χ4v) is 3.57. The number of benzene rings is 1. The van der Waals surface area contributed by atoms with Crippen LogP contribution in [0.25, 0.3) is 11.2 Å². The molecule has 0 bridgehead atoms. The summed E-state index contributed by atoms with van der Waals surface area (Å²) in [5, 5.41) is 0.725. The Morgan fingerprint density at radius 2 is 1.97 bits per heavy atom. The van der Waals surface area contributed by atoms with Crippen molar-refractivity contribution in [3.8, 4) is 5.75 Å². The average Bonchev–Trinajstić information content (AvgIpc) is 3.10. The lowest BCUT2D eigenvalue weighted by Gasteiger charge is -2.09. The third-order valence-corrected chi connectivity index (χ3v) is 5.15. The van der Waals surface area contributed by atoms with Crippen LogP contribution in [0.5, 0.6) is 5.75 Å². The summed E-state index contributed by atoms with van der Waals surface area (Å²) < 4.78 is 13.7. The summed E-state index contributed by atoms with van der Waals surface area (Å²) in [6, 6.07) is 4.65. The van der Waals surface area contributed by atoms with Gasteiger partial charge in [0.1, 0.15) is 18.2 Å². The predicted molar refractivity (Wildman–Crippen MR) is 117 cm³/mol. The largest absolute Gasteiger partial charge is 0.480 e. The first-order valence-electron chi connectivity index (χ1n) is 9.81. The monoisotopic (exact) mass is 468 g/mol. The average molecular weight is 469 g/mol. The van der Waals surface area contributed by atoms with E-state index in [0.29, 0.717) is 29.7 Å². The smallest absolute Gasteiger partial charge is 0.344 e. The molecule has 0 fully saturated rings. The minimum absolute atomic E-state index is 0.180. The molecule has 166 valence electrons. The number of carbonyl (C=O) groups excluding carboxylic acids is 1. The van der Waals surface area contributed by atoms with Crippen LogP contribution in [0.15, 0.2) is 27.8 Å². The highest BCUT2D eigenvalue weighted by atomic mass is 35.5. The Hall–Kier alpha value is -2.78. The number of halogens is 2. The molecule has 0 amide bonds. The van der Waals surface area contributed by atoms with Crippen LogP contribution in [0.1, 0.15) is 32.5 Å². The van der Waals surface area contributed by atoms with Crippen molar-refractivity contribution in [3.05, 3.63) is 54.9 Å². The van der Waals surface area contributed by atoms with Gasteiger partial charge in [0, 0.05) is 18.1 Å². The van der Waals surface area contributed by atoms with Gasteiger partial charge in [0.15, 0.2) is 17.8 Å². The Bertz CT molecular complexity index is 1210. The second kappa shape index (κ2) is 10.0. The molecule has 1 N–H and O–H groups in total. The van der Waals surface area contributed by atoms with Crippen LogP contribution >= 0.6 is 23.2 Å². The number of aryl methyl sites for hydroxylation is 2. The highest BCUT2D eigenvalue weighted by molar-refractivity contribution is 6.35. The fraction of sp³-hybridized carbons (Fsp3) is 0.400. The molecule has 9 nitrogen and oxygen atoms in total. The number of H-pyrrole nitrogens is 1. The predicted octanol–water partition coefficient (Wildman–Crippen LogP) is 3.14. The molecule has 0 aliphatic rings. The van der Waals surface area contributed by atoms with E-state index >= 15 is 0 Å². The number of fused-ring (bicyclic) bond motifs is 1. The van der Waals surface area contributed by atoms with E-state index < -0.39 is 17.2 Å². The molecule has 11 heteroatoms. The Morgan fingerprint density at radius 3 is 2.65 bits per heavy atom. The van der Waals surface area contributed by atoms with Gasteiger partial charge in [0.25, 0.3) is 5.56 Å². The summed E-state index contributed by atoms with van der Waals surface area (Å²) >= 11 is 11.8. The van der Waals surface area contributed by atoms with Gasteiger partial charge < -0.3 is 14.0 Å². The summed E-state index contributed by atoms with van der Waals surface area (Å²) in [5.41, 5.74) is -0.489. The number of hydrogen-bond acceptors (Lipinski definition) is 6. The van der Waals surface area contributed by atoms with Gasteiger partial charge in [-0.2, -0.15) is 0 Å². The Labute approximate surface area is 187 Å². The number of nitrogens with one attached hydrogen (secondary N) is 1. The van der Waals surface area contributed by atoms with E-state index in [1.165, 1.54) is 10.6 Å². The van der Waals surface area contributed by atoms with Crippen molar-refractivity contribution in [1.82, 2.24) is 19.1 Å². The molecule has 3 rings (SSSR count). The SMILES string of the molecule is CCCCn1c(=O)[nH]c(=O)c2c1nc(COC(=O)COc1ccc(Cl)cc1Cl)n2CC. The molecule has 0 spiro atoms. The van der Waals surface area contributed by atoms with Crippen LogP contribution < -0.4 is 16.0 Å². The third kappa shape index (κ3) is 5.11. The minimum Gasteiger partial charge on any atom is -0.480 e. The number of nitrogens with zero attached hydrogens (tertiary/aromatic N) is 3. The molecule has 0 saturated heterocycles. The maximum atomic E-state index is 12.4. The van der Waals surface area contributed by atoms with Crippen molar-refractivity contribution in [3.63, 3.8) is 0 Å². The number of esters is 1. The van der Waals surface area contributed by atoms with Crippen molar-refractivity contribution < 1.29 is 14.3 Å². The molecule has 2 heterocycles. The quantitative estimate of drug-likeness (QED) is 0.483. The van der Waals surface area contributed by atoms with E-state index in [1.54, 1.807) is 16.7 Å². The zero-order valence-electron chi connectivity index (χ0n) is 17.1. The fourth-order valence-electron chi connectivity index (χ4n) is 3.11. The second-order valence-corrected chi connectivity index (χ2v) is 7.58. The Kier molecular flexibility index (Phi) is 7.40. The van der Waals surface area contributed by atoms with Crippen LogP contribution in [0, 0.1) is 0 Å². The number of hydrogen-bond donors (Lipinski definition) is 1. The molecule has 2 aromatic heterocycles. The number of unbranched alkanes of at least 4 members (excludes halogenated alkanes) is 1. The van der Waals surface area contributed by atoms with Gasteiger partial charge in [-0.05, 0) is 31.5 Å². The molecule has 0 saturated carbocycles. The van der Waals surface area contributed by atoms with Crippen molar-refractivity contribution >= 4 is 40.3 Å². The van der Waals surface area contributed by atoms with E-state index in [-0.39, 0.29) is 29.4 Å². The van der Waals surface area contributed by atoms with E-state index in [4.69, 9.17) is 32.7 Å². The summed E-state index contributed by atoms with van der Waals surface area (Å²) in [7, 11) is 0. The van der Waals surface area contributed by atoms with Gasteiger partial charge >= 0.3 is 11.7 Å². The van der Waals surface area contributed by atoms with Crippen LogP contribution in [-0.2, 0) is 29.2 Å². The first kappa shape index (κ1) is 22.9. The molecule has 0 radical (unpaired) electrons. The van der Waals surface area contributed by atoms with Crippen molar-refractivity contribution in [2.45, 2.75) is 46.4 Å². The van der Waals surface area contributed by atoms with Gasteiger partial charge in [-0.1, -0.05) is 36.5 Å². The lowest BCUT2D eigenvalue weighted by molar-refractivity contribution is -0.147. The summed E-state index contributed by atoms with van der Waals surface area (Å²) in [6.45, 7) is 4.13. The number of imidazole rings is 1. The standard InChI is InChI=1S/C20H22Cl2N4O5/c1-3-5-8-26-18-17(19(28)24-20(26)29)25(4-2)15(23-18)10-31-16(27)11-30-14-7-6-12(21)9-13(14)22/h6-7,9H,3-5,8,10-11H2,1-2H3,(H,24,28,29). The summed E-state index contributed by atoms with van der Waals surface area (Å²) in [4.78, 5) is 43.5. The van der Waals surface area contributed by atoms with E-state index in [2.05, 4.69) is 9.97 Å². The molecule has 31 heavy (non-hydrogen) atoms. The topological polar surface area (TPSA) is 108 Å². The molecule has 0 aliphatic heterocycles. The van der Waals surface area contributed by atoms with Gasteiger partial charge in [-0.15, -0.1) is 0 Å². The zero-order valence-corrected chi connectivity index (χ0v) is 18.6. The zero-order chi connectivity index (χ0) is 22.5. The Morgan fingerprint density at radius 1 is 1.19 bits per heavy atom. The van der Waals surface area contributed by atoms with Gasteiger partial charge in [0.2, 0.25) is 0 Å².